The fraction of sp³-hybridized carbons (Fsp3) is 0.500. The number of hydrogen-bond donors (Lipinski definition) is 14. The first kappa shape index (κ1) is 47.7. The maximum Gasteiger partial charge on any atom is 0.323 e. The highest BCUT2D eigenvalue weighted by Gasteiger charge is 2.17. The molecule has 0 unspecified atom stereocenters. The summed E-state index contributed by atoms with van der Waals surface area (Å²) in [4.78, 5) is 63.2. The Morgan fingerprint density at radius 1 is 0.708 bits per heavy atom. The number of nitrogens with two attached hydrogens (primary N) is 6. The Bertz CT molecular complexity index is 1290. The second-order valence-electron chi connectivity index (χ2n) is 10.4. The van der Waals surface area contributed by atoms with Gasteiger partial charge in [0.2, 0.25) is 5.91 Å². The van der Waals surface area contributed by atoms with E-state index in [2.05, 4.69) is 10.7 Å². The number of carbonyl (C=O) groups excluding carboxylic acids is 1. The largest absolute Gasteiger partial charge is 0.480 e. The first-order valence-electron chi connectivity index (χ1n) is 14.0. The molecule has 0 radical (unpaired) electrons. The smallest absolute Gasteiger partial charge is 0.323 e. The van der Waals surface area contributed by atoms with Crippen molar-refractivity contribution in [3.8, 4) is 0 Å². The lowest BCUT2D eigenvalue weighted by molar-refractivity contribution is -0.141. The molecule has 0 saturated heterocycles. The standard InChI is InChI=1S/C11H12N2O2.C6H13NO2.C4H8N2O3.C4H9NO3.C3H7NO3/c12-9(11(14)15)5-7-6-13-10-4-2-1-3-8(7)10;1-4(2)3-5(7)6(8)9;5-2(4(8)9)1-3(6)7;1-2(6)3(5)4(7)8;4-2(1-5)3(6)7/h1-4,6,9,13H,5,12H2,(H,14,15);4-5H,3,7H2,1-2H3,(H,8,9);2H,1,5H2,(H2,6,7)(H,8,9);2-3,6H,5H2,1H3,(H,7,8);2,5H,1,4H2,(H,6,7)/t9-;5-;2-;2-,3+;2-/m00010/s1. The van der Waals surface area contributed by atoms with Crippen LogP contribution in [0.5, 0.6) is 0 Å². The molecule has 0 aliphatic rings. The van der Waals surface area contributed by atoms with Crippen LogP contribution in [-0.4, -0.2) is 119 Å². The topological polar surface area (TPSA) is 416 Å². The van der Waals surface area contributed by atoms with Gasteiger partial charge in [0.1, 0.15) is 30.2 Å². The molecule has 20 nitrogen and oxygen atoms in total. The number of aromatic amines is 1. The van der Waals surface area contributed by atoms with E-state index in [-0.39, 0.29) is 6.42 Å². The number of aliphatic carboxylic acids is 5. The summed E-state index contributed by atoms with van der Waals surface area (Å²) in [6.45, 7) is 4.72. The molecule has 2 aromatic rings. The molecule has 1 amide bonds. The van der Waals surface area contributed by atoms with Crippen LogP contribution in [0.15, 0.2) is 30.5 Å². The first-order valence-corrected chi connectivity index (χ1v) is 14.0. The summed E-state index contributed by atoms with van der Waals surface area (Å²) in [6.07, 6.45) is 1.42. The molecule has 2 rings (SSSR count). The van der Waals surface area contributed by atoms with Crippen molar-refractivity contribution in [2.24, 2.45) is 40.3 Å². The van der Waals surface area contributed by atoms with Crippen LogP contribution >= 0.6 is 0 Å². The SMILES string of the molecule is CC(C)C[C@H](N)C(=O)O.C[C@@H](O)[C@H](N)C(=O)O.NC(=O)C[C@H](N)C(=O)O.N[C@@H](CO)C(=O)O.N[C@@H](Cc1c[nH]c2ccccc12)C(=O)O. The summed E-state index contributed by atoms with van der Waals surface area (Å²) in [5.41, 5.74) is 31.9. The third kappa shape index (κ3) is 23.6. The van der Waals surface area contributed by atoms with Crippen molar-refractivity contribution in [3.63, 3.8) is 0 Å². The first-order chi connectivity index (χ1) is 22.0. The Morgan fingerprint density at radius 2 is 1.17 bits per heavy atom. The molecule has 274 valence electrons. The van der Waals surface area contributed by atoms with Crippen molar-refractivity contribution in [3.05, 3.63) is 36.0 Å². The van der Waals surface area contributed by atoms with E-state index >= 15 is 0 Å². The van der Waals surface area contributed by atoms with Crippen molar-refractivity contribution in [1.82, 2.24) is 4.98 Å². The van der Waals surface area contributed by atoms with Gasteiger partial charge < -0.3 is 75.1 Å². The molecule has 0 bridgehead atoms. The molecule has 1 aromatic heterocycles. The number of carbonyl (C=O) groups is 6. The summed E-state index contributed by atoms with van der Waals surface area (Å²) in [5.74, 6) is -5.80. The summed E-state index contributed by atoms with van der Waals surface area (Å²) in [6, 6.07) is 2.78. The van der Waals surface area contributed by atoms with Crippen LogP contribution < -0.4 is 34.4 Å². The van der Waals surface area contributed by atoms with Gasteiger partial charge >= 0.3 is 29.8 Å². The van der Waals surface area contributed by atoms with E-state index < -0.39 is 78.7 Å². The van der Waals surface area contributed by atoms with E-state index in [0.717, 1.165) is 16.5 Å². The third-order valence-electron chi connectivity index (χ3n) is 5.53. The summed E-state index contributed by atoms with van der Waals surface area (Å²) < 4.78 is 0. The average molecular weight is 692 g/mol. The van der Waals surface area contributed by atoms with E-state index in [1.165, 1.54) is 6.92 Å². The zero-order chi connectivity index (χ0) is 38.3. The van der Waals surface area contributed by atoms with Crippen molar-refractivity contribution in [2.45, 2.75) is 76.3 Å². The lowest BCUT2D eigenvalue weighted by atomic mass is 10.1. The van der Waals surface area contributed by atoms with E-state index in [1.54, 1.807) is 0 Å². The maximum absolute atomic E-state index is 10.6. The van der Waals surface area contributed by atoms with Gasteiger partial charge in [-0.15, -0.1) is 0 Å². The molecular weight excluding hydrogens is 642 g/mol. The van der Waals surface area contributed by atoms with E-state index in [4.69, 9.17) is 64.4 Å². The molecule has 0 aliphatic carbocycles. The van der Waals surface area contributed by atoms with Crippen LogP contribution in [0.3, 0.4) is 0 Å². The second-order valence-corrected chi connectivity index (χ2v) is 10.4. The lowest BCUT2D eigenvalue weighted by Crippen LogP contribution is -2.39. The molecule has 1 heterocycles. The maximum atomic E-state index is 10.6. The molecule has 0 aliphatic heterocycles. The summed E-state index contributed by atoms with van der Waals surface area (Å²) >= 11 is 0. The van der Waals surface area contributed by atoms with Crippen LogP contribution in [0.1, 0.15) is 39.2 Å². The van der Waals surface area contributed by atoms with E-state index in [9.17, 15) is 28.8 Å². The number of carboxylic acid groups (broad SMARTS) is 5. The van der Waals surface area contributed by atoms with Gasteiger partial charge in [-0.25, -0.2) is 0 Å². The number of para-hydroxylation sites is 1. The van der Waals surface area contributed by atoms with Crippen LogP contribution in [-0.2, 0) is 35.2 Å². The van der Waals surface area contributed by atoms with Crippen molar-refractivity contribution >= 4 is 46.7 Å². The highest BCUT2D eigenvalue weighted by Crippen LogP contribution is 2.18. The monoisotopic (exact) mass is 691 g/mol. The number of fused-ring (bicyclic) bond motifs is 1. The highest BCUT2D eigenvalue weighted by atomic mass is 16.4. The van der Waals surface area contributed by atoms with Crippen LogP contribution in [0.25, 0.3) is 10.9 Å². The van der Waals surface area contributed by atoms with Crippen molar-refractivity contribution in [2.75, 3.05) is 6.61 Å². The lowest BCUT2D eigenvalue weighted by Gasteiger charge is -2.07. The molecule has 6 atom stereocenters. The van der Waals surface area contributed by atoms with Gasteiger partial charge in [-0.2, -0.15) is 0 Å². The number of carboxylic acids is 5. The molecule has 20 heteroatoms. The Hall–Kier alpha value is -4.70. The number of hydrogen-bond acceptors (Lipinski definition) is 13. The number of benzene rings is 1. The normalized spacial score (nSPS) is 13.8. The summed E-state index contributed by atoms with van der Waals surface area (Å²) in [7, 11) is 0. The van der Waals surface area contributed by atoms with Crippen LogP contribution in [0.2, 0.25) is 0 Å². The zero-order valence-electron chi connectivity index (χ0n) is 26.8. The minimum absolute atomic E-state index is 0.310. The van der Waals surface area contributed by atoms with Crippen LogP contribution in [0, 0.1) is 5.92 Å². The summed E-state index contributed by atoms with van der Waals surface area (Å²) in [5, 5.41) is 58.6. The number of H-pyrrole nitrogens is 1. The number of nitrogens with one attached hydrogen (secondary N) is 1. The molecule has 48 heavy (non-hydrogen) atoms. The molecule has 0 fully saturated rings. The quantitative estimate of drug-likeness (QED) is 0.0995. The molecule has 1 aromatic carbocycles. The highest BCUT2D eigenvalue weighted by molar-refractivity contribution is 5.84. The zero-order valence-corrected chi connectivity index (χ0v) is 26.8. The van der Waals surface area contributed by atoms with Crippen molar-refractivity contribution < 1.29 is 64.5 Å². The number of primary amides is 1. The number of aliphatic hydroxyl groups excluding tert-OH is 2. The number of aromatic nitrogens is 1. The number of amides is 1. The van der Waals surface area contributed by atoms with Gasteiger partial charge in [0.05, 0.1) is 19.1 Å². The predicted octanol–water partition coefficient (Wildman–Crippen LogP) is -2.99. The van der Waals surface area contributed by atoms with E-state index in [0.29, 0.717) is 18.8 Å². The van der Waals surface area contributed by atoms with Crippen molar-refractivity contribution in [1.29, 1.82) is 0 Å². The number of aliphatic hydroxyl groups is 2. The van der Waals surface area contributed by atoms with Gasteiger partial charge in [0.15, 0.2) is 0 Å². The Morgan fingerprint density at radius 3 is 1.44 bits per heavy atom. The minimum Gasteiger partial charge on any atom is -0.480 e. The van der Waals surface area contributed by atoms with Gasteiger partial charge in [0, 0.05) is 23.5 Å². The fourth-order valence-electron chi connectivity index (χ4n) is 2.82. The molecular formula is C28H49N7O13. The third-order valence-corrected chi connectivity index (χ3v) is 5.53. The van der Waals surface area contributed by atoms with Gasteiger partial charge in [0.25, 0.3) is 0 Å². The molecule has 0 saturated carbocycles. The van der Waals surface area contributed by atoms with Gasteiger partial charge in [-0.05, 0) is 30.9 Å². The molecule has 20 N–H and O–H groups in total. The van der Waals surface area contributed by atoms with Gasteiger partial charge in [-0.3, -0.25) is 28.8 Å². The van der Waals surface area contributed by atoms with Gasteiger partial charge in [-0.1, -0.05) is 32.0 Å². The average Bonchev–Trinajstić information content (AvgIpc) is 3.39. The van der Waals surface area contributed by atoms with E-state index in [1.807, 2.05) is 44.3 Å². The number of rotatable bonds is 13. The Kier molecular flexibility index (Phi) is 25.2. The minimum atomic E-state index is -1.21. The fourth-order valence-corrected chi connectivity index (χ4v) is 2.82. The van der Waals surface area contributed by atoms with Crippen LogP contribution in [0.4, 0.5) is 0 Å². The predicted molar refractivity (Wildman–Crippen MR) is 172 cm³/mol. The second kappa shape index (κ2) is 25.4. The molecule has 0 spiro atoms. The Labute approximate surface area is 275 Å². The Balaban J connectivity index is -0.000000547.